The van der Waals surface area contributed by atoms with Gasteiger partial charge in [0.15, 0.2) is 5.69 Å². The van der Waals surface area contributed by atoms with E-state index in [1.807, 2.05) is 44.2 Å². The van der Waals surface area contributed by atoms with Crippen LogP contribution in [0.4, 0.5) is 0 Å². The Balaban J connectivity index is 2.41. The highest BCUT2D eigenvalue weighted by Crippen LogP contribution is 2.32. The summed E-state index contributed by atoms with van der Waals surface area (Å²) in [7, 11) is 0.419. The van der Waals surface area contributed by atoms with Crippen LogP contribution >= 0.6 is 11.3 Å². The van der Waals surface area contributed by atoms with Crippen molar-refractivity contribution in [3.63, 3.8) is 0 Å². The fourth-order valence-corrected chi connectivity index (χ4v) is 4.41. The number of nitriles is 1. The third kappa shape index (κ3) is 3.69. The smallest absolute Gasteiger partial charge is 0.168 e. The van der Waals surface area contributed by atoms with Gasteiger partial charge in [0.25, 0.3) is 0 Å². The van der Waals surface area contributed by atoms with Crippen LogP contribution in [0.5, 0.6) is 5.75 Å². The highest BCUT2D eigenvalue weighted by molar-refractivity contribution is 7.87. The van der Waals surface area contributed by atoms with Crippen LogP contribution in [-0.2, 0) is 10.8 Å². The van der Waals surface area contributed by atoms with E-state index in [0.29, 0.717) is 20.9 Å². The second kappa shape index (κ2) is 6.83. The molecule has 0 amide bonds. The summed E-state index contributed by atoms with van der Waals surface area (Å²) in [6.45, 7) is 4.02. The van der Waals surface area contributed by atoms with E-state index in [1.54, 1.807) is 7.11 Å². The van der Waals surface area contributed by atoms with Crippen LogP contribution in [0, 0.1) is 17.2 Å². The van der Waals surface area contributed by atoms with Gasteiger partial charge in [-0.15, -0.1) is 11.3 Å². The molecule has 0 spiro atoms. The number of methoxy groups -OCH3 is 1. The fourth-order valence-electron chi connectivity index (χ4n) is 1.79. The zero-order valence-electron chi connectivity index (χ0n) is 12.1. The minimum Gasteiger partial charge on any atom is -0.497 e. The highest BCUT2D eigenvalue weighted by Gasteiger charge is 2.18. The Morgan fingerprint density at radius 1 is 1.48 bits per heavy atom. The molecule has 0 saturated heterocycles. The van der Waals surface area contributed by atoms with E-state index >= 15 is 0 Å². The predicted octanol–water partition coefficient (Wildman–Crippen LogP) is 3.45. The molecule has 0 aliphatic carbocycles. The van der Waals surface area contributed by atoms with E-state index in [2.05, 4.69) is 4.98 Å². The molecule has 2 rings (SSSR count). The number of ether oxygens (including phenoxy) is 1. The van der Waals surface area contributed by atoms with Gasteiger partial charge in [0.1, 0.15) is 21.0 Å². The normalized spacial score (nSPS) is 12.1. The molecular weight excluding hydrogens is 304 g/mol. The summed E-state index contributed by atoms with van der Waals surface area (Å²) in [6.07, 6.45) is 0. The quantitative estimate of drug-likeness (QED) is 0.846. The molecular formula is C15H16N2O2S2. The summed E-state index contributed by atoms with van der Waals surface area (Å²) in [4.78, 5) is 4.31. The summed E-state index contributed by atoms with van der Waals surface area (Å²) >= 11 is 1.32. The molecule has 1 unspecified atom stereocenters. The molecule has 0 aliphatic heterocycles. The molecule has 6 heteroatoms. The average Bonchev–Trinajstić information content (AvgIpc) is 2.91. The molecule has 1 aromatic carbocycles. The molecule has 4 nitrogen and oxygen atoms in total. The van der Waals surface area contributed by atoms with E-state index in [1.165, 1.54) is 11.3 Å². The van der Waals surface area contributed by atoms with Gasteiger partial charge in [-0.1, -0.05) is 26.0 Å². The topological polar surface area (TPSA) is 63.0 Å². The Hall–Kier alpha value is -1.71. The first-order valence-corrected chi connectivity index (χ1v) is 8.62. The molecule has 0 bridgehead atoms. The van der Waals surface area contributed by atoms with Crippen LogP contribution < -0.4 is 4.74 Å². The van der Waals surface area contributed by atoms with Gasteiger partial charge >= 0.3 is 0 Å². The van der Waals surface area contributed by atoms with Crippen LogP contribution in [0.2, 0.25) is 0 Å². The SMILES string of the molecule is COc1cccc(-c2nc(C#N)c(S(=O)CC(C)C)s2)c1. The molecule has 1 heterocycles. The van der Waals surface area contributed by atoms with Crippen molar-refractivity contribution in [3.05, 3.63) is 30.0 Å². The maximum absolute atomic E-state index is 12.3. The molecule has 0 fully saturated rings. The van der Waals surface area contributed by atoms with Gasteiger partial charge in [-0.05, 0) is 18.1 Å². The van der Waals surface area contributed by atoms with Gasteiger partial charge in [-0.3, -0.25) is 4.21 Å². The first kappa shape index (κ1) is 15.7. The fraction of sp³-hybridized carbons (Fsp3) is 0.333. The standard InChI is InChI=1S/C15H16N2O2S2/c1-10(2)9-21(18)15-13(8-16)17-14(20-15)11-5-4-6-12(7-11)19-3/h4-7,10H,9H2,1-3H3. The van der Waals surface area contributed by atoms with Gasteiger partial charge in [0.2, 0.25) is 0 Å². The predicted molar refractivity (Wildman–Crippen MR) is 84.9 cm³/mol. The molecule has 0 radical (unpaired) electrons. The minimum absolute atomic E-state index is 0.261. The summed E-state index contributed by atoms with van der Waals surface area (Å²) in [5.41, 5.74) is 1.13. The lowest BCUT2D eigenvalue weighted by molar-refractivity contribution is 0.415. The largest absolute Gasteiger partial charge is 0.497 e. The number of rotatable bonds is 5. The molecule has 0 saturated carbocycles. The second-order valence-corrected chi connectivity index (χ2v) is 7.59. The van der Waals surface area contributed by atoms with Gasteiger partial charge in [-0.2, -0.15) is 5.26 Å². The van der Waals surface area contributed by atoms with Crippen molar-refractivity contribution in [1.29, 1.82) is 5.26 Å². The van der Waals surface area contributed by atoms with Crippen LogP contribution in [0.25, 0.3) is 10.6 Å². The van der Waals surface area contributed by atoms with E-state index in [4.69, 9.17) is 4.74 Å². The molecule has 110 valence electrons. The van der Waals surface area contributed by atoms with E-state index < -0.39 is 10.8 Å². The summed E-state index contributed by atoms with van der Waals surface area (Å²) in [5.74, 6) is 1.57. The van der Waals surface area contributed by atoms with Crippen molar-refractivity contribution >= 4 is 22.1 Å². The van der Waals surface area contributed by atoms with E-state index in [-0.39, 0.29) is 5.69 Å². The Labute approximate surface area is 130 Å². The van der Waals surface area contributed by atoms with Crippen molar-refractivity contribution in [2.75, 3.05) is 12.9 Å². The van der Waals surface area contributed by atoms with Crippen LogP contribution in [0.3, 0.4) is 0 Å². The third-order valence-electron chi connectivity index (χ3n) is 2.71. The Bertz CT molecular complexity index is 702. The number of nitrogens with zero attached hydrogens (tertiary/aromatic N) is 2. The van der Waals surface area contributed by atoms with Crippen molar-refractivity contribution in [2.45, 2.75) is 18.1 Å². The maximum atomic E-state index is 12.3. The molecule has 1 aromatic heterocycles. The van der Waals surface area contributed by atoms with E-state index in [9.17, 15) is 9.47 Å². The van der Waals surface area contributed by atoms with Gasteiger partial charge < -0.3 is 4.74 Å². The lowest BCUT2D eigenvalue weighted by Crippen LogP contribution is -2.04. The van der Waals surface area contributed by atoms with E-state index in [0.717, 1.165) is 11.3 Å². The van der Waals surface area contributed by atoms with Crippen molar-refractivity contribution in [1.82, 2.24) is 4.98 Å². The minimum atomic E-state index is -1.18. The Morgan fingerprint density at radius 3 is 2.86 bits per heavy atom. The zero-order valence-corrected chi connectivity index (χ0v) is 13.8. The average molecular weight is 320 g/mol. The molecule has 2 aromatic rings. The van der Waals surface area contributed by atoms with Gasteiger partial charge in [0, 0.05) is 11.3 Å². The van der Waals surface area contributed by atoms with Crippen LogP contribution in [0.15, 0.2) is 28.5 Å². The molecule has 0 N–H and O–H groups in total. The monoisotopic (exact) mass is 320 g/mol. The number of hydrogen-bond donors (Lipinski definition) is 0. The Morgan fingerprint density at radius 2 is 2.24 bits per heavy atom. The lowest BCUT2D eigenvalue weighted by Gasteiger charge is -2.02. The Kier molecular flexibility index (Phi) is 5.10. The number of hydrogen-bond acceptors (Lipinski definition) is 5. The summed E-state index contributed by atoms with van der Waals surface area (Å²) < 4.78 is 18.1. The van der Waals surface area contributed by atoms with Crippen LogP contribution in [0.1, 0.15) is 19.5 Å². The first-order chi connectivity index (χ1) is 10.0. The third-order valence-corrected chi connectivity index (χ3v) is 5.99. The van der Waals surface area contributed by atoms with Gasteiger partial charge in [-0.25, -0.2) is 4.98 Å². The summed E-state index contributed by atoms with van der Waals surface area (Å²) in [6, 6.07) is 9.52. The van der Waals surface area contributed by atoms with Crippen LogP contribution in [-0.4, -0.2) is 22.1 Å². The maximum Gasteiger partial charge on any atom is 0.168 e. The number of thiazole rings is 1. The molecule has 1 atom stereocenters. The molecule has 0 aliphatic rings. The summed E-state index contributed by atoms with van der Waals surface area (Å²) in [5, 5.41) is 9.89. The van der Waals surface area contributed by atoms with Crippen molar-refractivity contribution in [3.8, 4) is 22.4 Å². The number of aromatic nitrogens is 1. The number of benzene rings is 1. The van der Waals surface area contributed by atoms with Crippen molar-refractivity contribution < 1.29 is 8.95 Å². The van der Waals surface area contributed by atoms with Crippen molar-refractivity contribution in [2.24, 2.45) is 5.92 Å². The lowest BCUT2D eigenvalue weighted by atomic mass is 10.2. The second-order valence-electron chi connectivity index (χ2n) is 4.90. The highest BCUT2D eigenvalue weighted by atomic mass is 32.2. The first-order valence-electron chi connectivity index (χ1n) is 6.49. The zero-order chi connectivity index (χ0) is 15.4. The molecule has 21 heavy (non-hydrogen) atoms. The van der Waals surface area contributed by atoms with Gasteiger partial charge in [0.05, 0.1) is 17.9 Å².